The Balaban J connectivity index is 0. The number of hydrogen-bond acceptors (Lipinski definition) is 10. The SMILES string of the molecule is NC(=O)NOC(=O)CC(O)(CC(=O)O)C(=O)OP(=O)(O)O.OO. The lowest BCUT2D eigenvalue weighted by molar-refractivity contribution is -0.176. The minimum atomic E-state index is -5.38. The summed E-state index contributed by atoms with van der Waals surface area (Å²) in [6.07, 6.45) is -2.80. The van der Waals surface area contributed by atoms with Crippen molar-refractivity contribution < 1.29 is 63.6 Å². The van der Waals surface area contributed by atoms with Gasteiger partial charge in [-0.25, -0.2) is 18.9 Å². The number of hydroxylamine groups is 1. The van der Waals surface area contributed by atoms with Gasteiger partial charge in [-0.3, -0.25) is 25.1 Å². The van der Waals surface area contributed by atoms with Crippen LogP contribution in [0.4, 0.5) is 4.79 Å². The molecular weight excluding hydrogens is 351 g/mol. The number of nitrogens with one attached hydrogen (secondary N) is 1. The highest BCUT2D eigenvalue weighted by molar-refractivity contribution is 7.46. The summed E-state index contributed by atoms with van der Waals surface area (Å²) in [5, 5.41) is 30.2. The quantitative estimate of drug-likeness (QED) is 0.136. The van der Waals surface area contributed by atoms with Crippen molar-refractivity contribution in [3.8, 4) is 0 Å². The maximum absolute atomic E-state index is 11.3. The van der Waals surface area contributed by atoms with Gasteiger partial charge < -0.3 is 25.3 Å². The molecule has 2 amide bonds. The van der Waals surface area contributed by atoms with Crippen molar-refractivity contribution in [3.05, 3.63) is 0 Å². The first kappa shape index (κ1) is 23.0. The Labute approximate surface area is 126 Å². The van der Waals surface area contributed by atoms with Crippen LogP contribution in [0.3, 0.4) is 0 Å². The summed E-state index contributed by atoms with van der Waals surface area (Å²) in [4.78, 5) is 64.1. The van der Waals surface area contributed by atoms with E-state index in [0.29, 0.717) is 0 Å². The number of aliphatic carboxylic acids is 1. The van der Waals surface area contributed by atoms with Crippen molar-refractivity contribution in [3.63, 3.8) is 0 Å². The van der Waals surface area contributed by atoms with Crippen molar-refractivity contribution in [1.29, 1.82) is 0 Å². The van der Waals surface area contributed by atoms with E-state index in [2.05, 4.69) is 15.1 Å². The standard InChI is InChI=1S/C7H11N2O11P.H2O2/c8-6(14)9-19-4(12)2-7(15,1-3(10)11)5(13)20-21(16,17)18;1-2/h15H,1-2H2,(H,10,11)(H3,8,9,14)(H2,16,17,18);1-2H. The van der Waals surface area contributed by atoms with Gasteiger partial charge in [-0.15, -0.1) is 0 Å². The third-order valence-electron chi connectivity index (χ3n) is 1.73. The number of hydrogen-bond donors (Lipinski definition) is 8. The molecule has 0 aliphatic heterocycles. The summed E-state index contributed by atoms with van der Waals surface area (Å²) in [7, 11) is -5.38. The molecule has 23 heavy (non-hydrogen) atoms. The molecule has 134 valence electrons. The van der Waals surface area contributed by atoms with Crippen LogP contribution in [-0.4, -0.2) is 60.1 Å². The van der Waals surface area contributed by atoms with Gasteiger partial charge in [-0.1, -0.05) is 0 Å². The number of amides is 2. The van der Waals surface area contributed by atoms with E-state index >= 15 is 0 Å². The van der Waals surface area contributed by atoms with Gasteiger partial charge in [0.25, 0.3) is 0 Å². The van der Waals surface area contributed by atoms with E-state index in [0.717, 1.165) is 0 Å². The van der Waals surface area contributed by atoms with E-state index in [-0.39, 0.29) is 0 Å². The number of rotatable bonds is 6. The van der Waals surface area contributed by atoms with Gasteiger partial charge in [0.1, 0.15) is 0 Å². The fourth-order valence-electron chi connectivity index (χ4n) is 1.03. The van der Waals surface area contributed by atoms with Gasteiger partial charge in [-0.2, -0.15) is 5.48 Å². The molecule has 0 spiro atoms. The van der Waals surface area contributed by atoms with Crippen LogP contribution in [0.5, 0.6) is 0 Å². The van der Waals surface area contributed by atoms with Crippen molar-refractivity contribution in [1.82, 2.24) is 5.48 Å². The molecule has 0 aromatic heterocycles. The number of nitrogens with two attached hydrogens (primary N) is 1. The Morgan fingerprint density at radius 2 is 1.61 bits per heavy atom. The van der Waals surface area contributed by atoms with Gasteiger partial charge in [0.15, 0.2) is 5.60 Å². The third kappa shape index (κ3) is 11.0. The van der Waals surface area contributed by atoms with E-state index in [4.69, 9.17) is 25.4 Å². The normalized spacial score (nSPS) is 12.7. The fourth-order valence-corrected chi connectivity index (χ4v) is 1.42. The van der Waals surface area contributed by atoms with Crippen LogP contribution in [0.2, 0.25) is 0 Å². The van der Waals surface area contributed by atoms with Crippen molar-refractivity contribution >= 4 is 31.8 Å². The number of carboxylic acids is 1. The van der Waals surface area contributed by atoms with Crippen LogP contribution in [0, 0.1) is 0 Å². The molecule has 0 aromatic carbocycles. The van der Waals surface area contributed by atoms with E-state index < -0.39 is 50.2 Å². The van der Waals surface area contributed by atoms with Crippen LogP contribution in [-0.2, 0) is 28.3 Å². The number of carbonyl (C=O) groups excluding carboxylic acids is 3. The largest absolute Gasteiger partial charge is 0.527 e. The van der Waals surface area contributed by atoms with E-state index in [1.807, 2.05) is 0 Å². The molecule has 15 nitrogen and oxygen atoms in total. The first-order valence-electron chi connectivity index (χ1n) is 5.04. The second-order valence-corrected chi connectivity index (χ2v) is 4.75. The first-order valence-corrected chi connectivity index (χ1v) is 6.57. The number of carboxylic acid groups (broad SMARTS) is 1. The summed E-state index contributed by atoms with van der Waals surface area (Å²) in [6, 6.07) is -1.30. The Kier molecular flexibility index (Phi) is 9.66. The summed E-state index contributed by atoms with van der Waals surface area (Å²) >= 11 is 0. The van der Waals surface area contributed by atoms with Crippen LogP contribution >= 0.6 is 7.82 Å². The van der Waals surface area contributed by atoms with Crippen molar-refractivity contribution in [2.75, 3.05) is 0 Å². The molecule has 0 rings (SSSR count). The highest BCUT2D eigenvalue weighted by atomic mass is 31.2. The Bertz CT molecular complexity index is 501. The predicted molar refractivity (Wildman–Crippen MR) is 64.0 cm³/mol. The predicted octanol–water partition coefficient (Wildman–Crippen LogP) is -2.64. The molecule has 0 saturated heterocycles. The van der Waals surface area contributed by atoms with E-state index in [9.17, 15) is 28.8 Å². The van der Waals surface area contributed by atoms with Gasteiger partial charge in [0.05, 0.1) is 12.8 Å². The minimum Gasteiger partial charge on any atom is -0.481 e. The monoisotopic (exact) mass is 364 g/mol. The molecular formula is C7H13N2O13P. The van der Waals surface area contributed by atoms with Gasteiger partial charge in [0, 0.05) is 0 Å². The van der Waals surface area contributed by atoms with E-state index in [1.54, 1.807) is 0 Å². The second-order valence-electron chi connectivity index (χ2n) is 3.59. The molecule has 0 aromatic rings. The lowest BCUT2D eigenvalue weighted by atomic mass is 9.96. The van der Waals surface area contributed by atoms with Crippen LogP contribution < -0.4 is 11.2 Å². The molecule has 0 bridgehead atoms. The number of carbonyl (C=O) groups is 4. The Hall–Kier alpha value is -2.29. The lowest BCUT2D eigenvalue weighted by Crippen LogP contribution is -2.45. The highest BCUT2D eigenvalue weighted by Gasteiger charge is 2.45. The molecule has 0 aliphatic rings. The second kappa shape index (κ2) is 9.67. The van der Waals surface area contributed by atoms with Gasteiger partial charge in [-0.05, 0) is 0 Å². The van der Waals surface area contributed by atoms with Gasteiger partial charge in [0.2, 0.25) is 0 Å². The van der Waals surface area contributed by atoms with Crippen molar-refractivity contribution in [2.45, 2.75) is 18.4 Å². The number of primary amides is 1. The van der Waals surface area contributed by atoms with Crippen LogP contribution in [0.15, 0.2) is 0 Å². The molecule has 1 atom stereocenters. The molecule has 0 radical (unpaired) electrons. The Morgan fingerprint density at radius 1 is 1.13 bits per heavy atom. The Morgan fingerprint density at radius 3 is 1.96 bits per heavy atom. The lowest BCUT2D eigenvalue weighted by Gasteiger charge is -2.22. The summed E-state index contributed by atoms with van der Waals surface area (Å²) in [6.45, 7) is 0. The average molecular weight is 364 g/mol. The first-order chi connectivity index (χ1) is 10.4. The summed E-state index contributed by atoms with van der Waals surface area (Å²) in [5.74, 6) is -5.36. The number of urea groups is 1. The number of aliphatic hydroxyl groups is 1. The molecule has 0 fully saturated rings. The molecule has 0 saturated carbocycles. The summed E-state index contributed by atoms with van der Waals surface area (Å²) < 4.78 is 14.0. The fraction of sp³-hybridized carbons (Fsp3) is 0.429. The van der Waals surface area contributed by atoms with Crippen LogP contribution in [0.25, 0.3) is 0 Å². The molecule has 9 N–H and O–H groups in total. The smallest absolute Gasteiger partial charge is 0.481 e. The number of phosphoric ester groups is 1. The maximum Gasteiger partial charge on any atom is 0.527 e. The molecule has 1 unspecified atom stereocenters. The maximum atomic E-state index is 11.3. The highest BCUT2D eigenvalue weighted by Crippen LogP contribution is 2.38. The van der Waals surface area contributed by atoms with Crippen LogP contribution in [0.1, 0.15) is 12.8 Å². The zero-order chi connectivity index (χ0) is 18.8. The topological polar surface area (TPSA) is 263 Å². The third-order valence-corrected chi connectivity index (χ3v) is 2.13. The zero-order valence-electron chi connectivity index (χ0n) is 11.0. The zero-order valence-corrected chi connectivity index (χ0v) is 11.9. The average Bonchev–Trinajstić information content (AvgIpc) is 2.35. The van der Waals surface area contributed by atoms with E-state index in [1.165, 1.54) is 5.48 Å². The van der Waals surface area contributed by atoms with Gasteiger partial charge >= 0.3 is 31.8 Å². The van der Waals surface area contributed by atoms with Crippen molar-refractivity contribution in [2.24, 2.45) is 5.73 Å². The molecule has 0 aliphatic carbocycles. The number of phosphoric acid groups is 1. The molecule has 0 heterocycles. The minimum absolute atomic E-state index is 1.30. The molecule has 16 heteroatoms. The summed E-state index contributed by atoms with van der Waals surface area (Å²) in [5.41, 5.74) is 2.76.